The Morgan fingerprint density at radius 1 is 1.45 bits per heavy atom. The minimum absolute atomic E-state index is 0.168. The van der Waals surface area contributed by atoms with Gasteiger partial charge in [0.2, 0.25) is 0 Å². The summed E-state index contributed by atoms with van der Waals surface area (Å²) < 4.78 is 5.75. The van der Waals surface area contributed by atoms with Gasteiger partial charge in [-0.05, 0) is 39.7 Å². The van der Waals surface area contributed by atoms with Crippen LogP contribution in [0.5, 0.6) is 5.75 Å². The normalized spacial score (nSPS) is 15.2. The topological polar surface area (TPSA) is 58.6 Å². The van der Waals surface area contributed by atoms with Crippen LogP contribution in [0, 0.1) is 12.3 Å². The van der Waals surface area contributed by atoms with Gasteiger partial charge in [-0.15, -0.1) is 0 Å². The third-order valence-electron chi connectivity index (χ3n) is 3.54. The van der Waals surface area contributed by atoms with Crippen LogP contribution in [-0.2, 0) is 11.3 Å². The molecule has 0 spiro atoms. The van der Waals surface area contributed by atoms with Gasteiger partial charge in [-0.2, -0.15) is 0 Å². The summed E-state index contributed by atoms with van der Waals surface area (Å²) in [4.78, 5) is 11.1. The van der Waals surface area contributed by atoms with E-state index in [1.807, 2.05) is 19.1 Å². The van der Waals surface area contributed by atoms with Crippen LogP contribution in [0.2, 0.25) is 0 Å². The van der Waals surface area contributed by atoms with Crippen LogP contribution in [0.25, 0.3) is 0 Å². The van der Waals surface area contributed by atoms with Gasteiger partial charge in [0.1, 0.15) is 12.4 Å². The number of rotatable bonds is 7. The van der Waals surface area contributed by atoms with Gasteiger partial charge in [-0.25, -0.2) is 0 Å². The second-order valence-electron chi connectivity index (χ2n) is 6.24. The Morgan fingerprint density at radius 3 is 2.75 bits per heavy atom. The average Bonchev–Trinajstić information content (AvgIpc) is 3.19. The number of benzene rings is 1. The minimum atomic E-state index is -0.883. The summed E-state index contributed by atoms with van der Waals surface area (Å²) in [5.41, 5.74) is 1.40. The van der Waals surface area contributed by atoms with Crippen LogP contribution in [0.3, 0.4) is 0 Å². The molecule has 4 heteroatoms. The molecule has 0 saturated heterocycles. The maximum atomic E-state index is 11.1. The fraction of sp³-hybridized carbons (Fsp3) is 0.562. The van der Waals surface area contributed by atoms with Crippen molar-refractivity contribution in [2.75, 3.05) is 6.61 Å². The highest BCUT2D eigenvalue weighted by atomic mass is 16.5. The molecule has 1 aromatic rings. The summed E-state index contributed by atoms with van der Waals surface area (Å²) in [5.74, 6) is -0.0691. The van der Waals surface area contributed by atoms with E-state index in [1.165, 1.54) is 18.4 Å². The van der Waals surface area contributed by atoms with Gasteiger partial charge in [0.15, 0.2) is 0 Å². The van der Waals surface area contributed by atoms with Gasteiger partial charge >= 0.3 is 5.97 Å². The molecule has 0 bridgehead atoms. The zero-order valence-corrected chi connectivity index (χ0v) is 12.4. The average molecular weight is 277 g/mol. The number of nitrogens with one attached hydrogen (secondary N) is 1. The monoisotopic (exact) mass is 277 g/mol. The number of carboxylic acids is 1. The van der Waals surface area contributed by atoms with Gasteiger partial charge in [0.25, 0.3) is 0 Å². The Labute approximate surface area is 120 Å². The quantitative estimate of drug-likeness (QED) is 0.804. The number of hydrogen-bond donors (Lipinski definition) is 2. The van der Waals surface area contributed by atoms with E-state index in [-0.39, 0.29) is 6.61 Å². The summed E-state index contributed by atoms with van der Waals surface area (Å²) in [6, 6.07) is 6.65. The smallest absolute Gasteiger partial charge is 0.312 e. The Hall–Kier alpha value is -1.55. The Bertz CT molecular complexity index is 492. The van der Waals surface area contributed by atoms with Crippen molar-refractivity contribution in [2.24, 2.45) is 5.41 Å². The maximum absolute atomic E-state index is 11.1. The fourth-order valence-corrected chi connectivity index (χ4v) is 1.85. The summed E-state index contributed by atoms with van der Waals surface area (Å²) >= 11 is 0. The highest BCUT2D eigenvalue weighted by molar-refractivity contribution is 5.73. The van der Waals surface area contributed by atoms with Crippen molar-refractivity contribution in [3.8, 4) is 5.75 Å². The number of carbonyl (C=O) groups is 1. The molecule has 0 aliphatic heterocycles. The second-order valence-corrected chi connectivity index (χ2v) is 6.24. The van der Waals surface area contributed by atoms with E-state index < -0.39 is 11.4 Å². The molecule has 0 amide bonds. The number of carboxylic acid groups (broad SMARTS) is 1. The Balaban J connectivity index is 2.03. The molecule has 2 N–H and O–H groups in total. The third-order valence-corrected chi connectivity index (χ3v) is 3.54. The second kappa shape index (κ2) is 5.83. The highest BCUT2D eigenvalue weighted by Crippen LogP contribution is 2.25. The number of aliphatic carboxylic acids is 1. The minimum Gasteiger partial charge on any atom is -0.492 e. The predicted molar refractivity (Wildman–Crippen MR) is 78.0 cm³/mol. The van der Waals surface area contributed by atoms with Crippen LogP contribution in [0.1, 0.15) is 37.8 Å². The lowest BCUT2D eigenvalue weighted by molar-refractivity contribution is -0.148. The number of hydrogen-bond acceptors (Lipinski definition) is 3. The molecule has 0 heterocycles. The van der Waals surface area contributed by atoms with Crippen LogP contribution in [-0.4, -0.2) is 23.7 Å². The first kappa shape index (κ1) is 14.9. The molecule has 1 fully saturated rings. The molecular weight excluding hydrogens is 254 g/mol. The van der Waals surface area contributed by atoms with Gasteiger partial charge in [-0.3, -0.25) is 4.79 Å². The van der Waals surface area contributed by atoms with Crippen LogP contribution >= 0.6 is 0 Å². The van der Waals surface area contributed by atoms with Crippen molar-refractivity contribution in [1.29, 1.82) is 0 Å². The molecule has 20 heavy (non-hydrogen) atoms. The van der Waals surface area contributed by atoms with Crippen LogP contribution in [0.15, 0.2) is 18.2 Å². The molecule has 0 unspecified atom stereocenters. The van der Waals surface area contributed by atoms with Crippen molar-refractivity contribution in [3.05, 3.63) is 29.3 Å². The lowest BCUT2D eigenvalue weighted by Gasteiger charge is -2.21. The summed E-state index contributed by atoms with van der Waals surface area (Å²) in [7, 11) is 0. The van der Waals surface area contributed by atoms with Crippen LogP contribution < -0.4 is 10.1 Å². The largest absolute Gasteiger partial charge is 0.492 e. The molecule has 1 aliphatic rings. The summed E-state index contributed by atoms with van der Waals surface area (Å²) in [6.07, 6.45) is 2.49. The standard InChI is InChI=1S/C16H23NO3/c1-11-4-7-14(20-10-16(2,3)15(18)19)12(8-11)9-17-13-5-6-13/h4,7-8,13,17H,5-6,9-10H2,1-3H3,(H,18,19). The predicted octanol–water partition coefficient (Wildman–Crippen LogP) is 2.74. The molecular formula is C16H23NO3. The van der Waals surface area contributed by atoms with Gasteiger partial charge in [0.05, 0.1) is 5.41 Å². The van der Waals surface area contributed by atoms with Crippen molar-refractivity contribution < 1.29 is 14.6 Å². The highest BCUT2D eigenvalue weighted by Gasteiger charge is 2.28. The lowest BCUT2D eigenvalue weighted by Crippen LogP contribution is -2.31. The molecule has 110 valence electrons. The van der Waals surface area contributed by atoms with E-state index in [4.69, 9.17) is 9.84 Å². The van der Waals surface area contributed by atoms with Crippen molar-refractivity contribution in [1.82, 2.24) is 5.32 Å². The molecule has 0 radical (unpaired) electrons. The first-order chi connectivity index (χ1) is 9.38. The third kappa shape index (κ3) is 3.97. The fourth-order valence-electron chi connectivity index (χ4n) is 1.85. The first-order valence-electron chi connectivity index (χ1n) is 7.07. The molecule has 1 aromatic carbocycles. The zero-order chi connectivity index (χ0) is 14.8. The molecule has 4 nitrogen and oxygen atoms in total. The van der Waals surface area contributed by atoms with Gasteiger partial charge in [0, 0.05) is 18.2 Å². The van der Waals surface area contributed by atoms with Crippen molar-refractivity contribution >= 4 is 5.97 Å². The van der Waals surface area contributed by atoms with Gasteiger partial charge < -0.3 is 15.2 Å². The van der Waals surface area contributed by atoms with E-state index in [0.717, 1.165) is 17.9 Å². The zero-order valence-electron chi connectivity index (χ0n) is 12.4. The molecule has 0 atom stereocenters. The molecule has 2 rings (SSSR count). The van der Waals surface area contributed by atoms with Crippen LogP contribution in [0.4, 0.5) is 0 Å². The first-order valence-corrected chi connectivity index (χ1v) is 7.07. The number of aryl methyl sites for hydroxylation is 1. The Morgan fingerprint density at radius 2 is 2.15 bits per heavy atom. The Kier molecular flexibility index (Phi) is 4.33. The molecule has 0 aromatic heterocycles. The van der Waals surface area contributed by atoms with Gasteiger partial charge in [-0.1, -0.05) is 17.7 Å². The number of ether oxygens (including phenoxy) is 1. The SMILES string of the molecule is Cc1ccc(OCC(C)(C)C(=O)O)c(CNC2CC2)c1. The molecule has 1 saturated carbocycles. The van der Waals surface area contributed by atoms with E-state index >= 15 is 0 Å². The summed E-state index contributed by atoms with van der Waals surface area (Å²) in [5, 5.41) is 12.6. The van der Waals surface area contributed by atoms with Crippen molar-refractivity contribution in [2.45, 2.75) is 46.2 Å². The molecule has 1 aliphatic carbocycles. The van der Waals surface area contributed by atoms with Crippen molar-refractivity contribution in [3.63, 3.8) is 0 Å². The van der Waals surface area contributed by atoms with E-state index in [2.05, 4.69) is 11.4 Å². The lowest BCUT2D eigenvalue weighted by atomic mass is 9.95. The van der Waals surface area contributed by atoms with E-state index in [9.17, 15) is 4.79 Å². The maximum Gasteiger partial charge on any atom is 0.312 e. The van der Waals surface area contributed by atoms with E-state index in [0.29, 0.717) is 6.04 Å². The summed E-state index contributed by atoms with van der Waals surface area (Å²) in [6.45, 7) is 6.33. The van der Waals surface area contributed by atoms with E-state index in [1.54, 1.807) is 13.8 Å².